The van der Waals surface area contributed by atoms with Crippen LogP contribution in [0, 0.1) is 0 Å². The number of alkyl halides is 5. The summed E-state index contributed by atoms with van der Waals surface area (Å²) in [4.78, 5) is 31.6. The lowest BCUT2D eigenvalue weighted by Gasteiger charge is -2.42. The molecule has 2 fully saturated rings. The number of urea groups is 1. The van der Waals surface area contributed by atoms with Gasteiger partial charge in [-0.3, -0.25) is 4.79 Å². The fraction of sp³-hybridized carbons (Fsp3) is 0.524. The third kappa shape index (κ3) is 4.07. The minimum absolute atomic E-state index is 0.209. The van der Waals surface area contributed by atoms with Crippen molar-refractivity contribution in [2.24, 2.45) is 0 Å². The third-order valence-corrected chi connectivity index (χ3v) is 6.44. The number of aromatic nitrogens is 2. The van der Waals surface area contributed by atoms with E-state index in [0.29, 0.717) is 24.0 Å². The highest BCUT2D eigenvalue weighted by molar-refractivity contribution is 5.99. The Kier molecular flexibility index (Phi) is 5.24. The summed E-state index contributed by atoms with van der Waals surface area (Å²) in [6, 6.07) is 3.29. The topological polar surface area (TPSA) is 91.6 Å². The number of fused-ring (bicyclic) bond motifs is 1. The number of halogens is 5. The number of hydrogen-bond acceptors (Lipinski definition) is 5. The first-order valence-electron chi connectivity index (χ1n) is 10.8. The number of benzene rings is 1. The van der Waals surface area contributed by atoms with E-state index in [0.717, 1.165) is 17.7 Å². The standard InChI is InChI=1S/C21H20F5N5O3/c22-20(23)9-30(10-20)19(33)27-14-3-1-2-4-15(14)31-8-12-6-5-11(7-13(12)17(31)32)16-28-18(34-29-16)21(24,25)26/h5-7,14-15H,1-4,8-10H2,(H,27,33)/t14-,15-/m1/s1. The van der Waals surface area contributed by atoms with Crippen LogP contribution in [0.1, 0.15) is 47.5 Å². The molecule has 1 aromatic heterocycles. The highest BCUT2D eigenvalue weighted by atomic mass is 19.4. The molecule has 1 saturated carbocycles. The first-order chi connectivity index (χ1) is 16.0. The smallest absolute Gasteiger partial charge is 0.333 e. The maximum atomic E-state index is 13.2. The van der Waals surface area contributed by atoms with Crippen molar-refractivity contribution in [3.63, 3.8) is 0 Å². The molecule has 1 aromatic carbocycles. The van der Waals surface area contributed by atoms with Crippen LogP contribution >= 0.6 is 0 Å². The van der Waals surface area contributed by atoms with Gasteiger partial charge in [-0.1, -0.05) is 30.1 Å². The van der Waals surface area contributed by atoms with Gasteiger partial charge in [0.25, 0.3) is 11.8 Å². The van der Waals surface area contributed by atoms with Crippen molar-refractivity contribution < 1.29 is 36.1 Å². The molecule has 13 heteroatoms. The van der Waals surface area contributed by atoms with E-state index in [2.05, 4.69) is 20.0 Å². The van der Waals surface area contributed by atoms with Crippen molar-refractivity contribution >= 4 is 11.9 Å². The second-order valence-electron chi connectivity index (χ2n) is 8.85. The van der Waals surface area contributed by atoms with Crippen molar-refractivity contribution in [1.82, 2.24) is 25.3 Å². The Hall–Kier alpha value is -3.25. The molecular weight excluding hydrogens is 465 g/mol. The molecule has 1 saturated heterocycles. The highest BCUT2D eigenvalue weighted by Gasteiger charge is 2.47. The zero-order valence-electron chi connectivity index (χ0n) is 17.7. The zero-order valence-corrected chi connectivity index (χ0v) is 17.7. The molecule has 2 atom stereocenters. The number of hydrogen-bond donors (Lipinski definition) is 1. The summed E-state index contributed by atoms with van der Waals surface area (Å²) >= 11 is 0. The second-order valence-corrected chi connectivity index (χ2v) is 8.85. The van der Waals surface area contributed by atoms with Gasteiger partial charge < -0.3 is 19.6 Å². The van der Waals surface area contributed by atoms with Crippen LogP contribution in [0.4, 0.5) is 26.7 Å². The van der Waals surface area contributed by atoms with E-state index in [1.807, 2.05) is 0 Å². The van der Waals surface area contributed by atoms with Crippen molar-refractivity contribution in [2.45, 2.75) is 56.4 Å². The molecule has 2 aromatic rings. The number of likely N-dealkylation sites (tertiary alicyclic amines) is 1. The van der Waals surface area contributed by atoms with Gasteiger partial charge in [-0.05, 0) is 24.5 Å². The summed E-state index contributed by atoms with van der Waals surface area (Å²) < 4.78 is 68.8. The molecule has 3 aliphatic rings. The maximum Gasteiger partial charge on any atom is 0.471 e. The molecule has 2 aliphatic heterocycles. The Morgan fingerprint density at radius 3 is 2.59 bits per heavy atom. The first-order valence-corrected chi connectivity index (χ1v) is 10.8. The van der Waals surface area contributed by atoms with Crippen LogP contribution in [0.15, 0.2) is 22.7 Å². The third-order valence-electron chi connectivity index (χ3n) is 6.44. The van der Waals surface area contributed by atoms with Crippen LogP contribution in [0.25, 0.3) is 11.4 Å². The lowest BCUT2D eigenvalue weighted by Crippen LogP contribution is -2.64. The van der Waals surface area contributed by atoms with Gasteiger partial charge in [0, 0.05) is 17.7 Å². The Bertz CT molecular complexity index is 1130. The Morgan fingerprint density at radius 2 is 1.91 bits per heavy atom. The Labute approximate surface area is 190 Å². The lowest BCUT2D eigenvalue weighted by atomic mass is 9.89. The molecule has 3 amide bonds. The molecule has 3 heterocycles. The Balaban J connectivity index is 1.32. The number of carbonyl (C=O) groups excluding carboxylic acids is 2. The summed E-state index contributed by atoms with van der Waals surface area (Å²) in [5.41, 5.74) is 1.21. The lowest BCUT2D eigenvalue weighted by molar-refractivity contribution is -0.159. The molecule has 1 N–H and O–H groups in total. The van der Waals surface area contributed by atoms with E-state index in [1.54, 1.807) is 11.0 Å². The zero-order chi connectivity index (χ0) is 24.3. The Morgan fingerprint density at radius 1 is 1.18 bits per heavy atom. The van der Waals surface area contributed by atoms with Crippen LogP contribution in [0.5, 0.6) is 0 Å². The van der Waals surface area contributed by atoms with Crippen LogP contribution in [0.3, 0.4) is 0 Å². The largest absolute Gasteiger partial charge is 0.471 e. The summed E-state index contributed by atoms with van der Waals surface area (Å²) in [7, 11) is 0. The quantitative estimate of drug-likeness (QED) is 0.670. The molecule has 0 spiro atoms. The predicted molar refractivity (Wildman–Crippen MR) is 106 cm³/mol. The molecule has 8 nitrogen and oxygen atoms in total. The van der Waals surface area contributed by atoms with Gasteiger partial charge in [-0.15, -0.1) is 0 Å². The van der Waals surface area contributed by atoms with E-state index in [-0.39, 0.29) is 35.9 Å². The van der Waals surface area contributed by atoms with Gasteiger partial charge in [-0.2, -0.15) is 18.2 Å². The van der Waals surface area contributed by atoms with E-state index >= 15 is 0 Å². The van der Waals surface area contributed by atoms with Gasteiger partial charge in [0.15, 0.2) is 0 Å². The van der Waals surface area contributed by atoms with Gasteiger partial charge in [-0.25, -0.2) is 13.6 Å². The minimum Gasteiger partial charge on any atom is -0.333 e. The molecule has 182 valence electrons. The molecular formula is C21H20F5N5O3. The molecule has 0 unspecified atom stereocenters. The molecule has 0 bridgehead atoms. The molecule has 34 heavy (non-hydrogen) atoms. The second kappa shape index (κ2) is 7.91. The van der Waals surface area contributed by atoms with E-state index in [9.17, 15) is 31.5 Å². The summed E-state index contributed by atoms with van der Waals surface area (Å²) in [5, 5.41) is 6.17. The number of amides is 3. The van der Waals surface area contributed by atoms with Crippen LogP contribution in [0.2, 0.25) is 0 Å². The number of carbonyl (C=O) groups is 2. The fourth-order valence-electron chi connectivity index (χ4n) is 4.74. The number of rotatable bonds is 3. The average Bonchev–Trinajstić information content (AvgIpc) is 3.38. The number of nitrogens with one attached hydrogen (secondary N) is 1. The predicted octanol–water partition coefficient (Wildman–Crippen LogP) is 3.68. The van der Waals surface area contributed by atoms with Gasteiger partial charge in [0.2, 0.25) is 5.82 Å². The summed E-state index contributed by atoms with van der Waals surface area (Å²) in [5.74, 6) is -4.95. The SMILES string of the molecule is O=C(N[C@@H]1CCCC[C@H]1N1Cc2ccc(-c3noc(C(F)(F)F)n3)cc2C1=O)N1CC(F)(F)C1. The fourth-order valence-corrected chi connectivity index (χ4v) is 4.74. The van der Waals surface area contributed by atoms with Crippen molar-refractivity contribution in [2.75, 3.05) is 13.1 Å². The van der Waals surface area contributed by atoms with Gasteiger partial charge in [0.05, 0.1) is 25.2 Å². The molecule has 0 radical (unpaired) electrons. The molecule has 5 rings (SSSR count). The minimum atomic E-state index is -4.78. The summed E-state index contributed by atoms with van der Waals surface area (Å²) in [6.07, 6.45) is -1.87. The highest BCUT2D eigenvalue weighted by Crippen LogP contribution is 2.35. The van der Waals surface area contributed by atoms with Crippen LogP contribution in [-0.2, 0) is 12.7 Å². The van der Waals surface area contributed by atoms with Gasteiger partial charge in [0.1, 0.15) is 0 Å². The van der Waals surface area contributed by atoms with Crippen LogP contribution < -0.4 is 5.32 Å². The monoisotopic (exact) mass is 485 g/mol. The summed E-state index contributed by atoms with van der Waals surface area (Å²) in [6.45, 7) is -0.980. The number of nitrogens with zero attached hydrogens (tertiary/aromatic N) is 4. The van der Waals surface area contributed by atoms with Gasteiger partial charge >= 0.3 is 18.1 Å². The van der Waals surface area contributed by atoms with E-state index in [4.69, 9.17) is 0 Å². The van der Waals surface area contributed by atoms with Crippen LogP contribution in [-0.4, -0.2) is 63.0 Å². The van der Waals surface area contributed by atoms with Crippen molar-refractivity contribution in [1.29, 1.82) is 0 Å². The van der Waals surface area contributed by atoms with E-state index in [1.165, 1.54) is 12.1 Å². The van der Waals surface area contributed by atoms with Crippen molar-refractivity contribution in [3.05, 3.63) is 35.2 Å². The average molecular weight is 485 g/mol. The molecule has 1 aliphatic carbocycles. The first kappa shape index (κ1) is 22.5. The van der Waals surface area contributed by atoms with E-state index < -0.39 is 37.1 Å². The normalized spacial score (nSPS) is 24.1. The maximum absolute atomic E-state index is 13.2. The van der Waals surface area contributed by atoms with Crippen molar-refractivity contribution in [3.8, 4) is 11.4 Å².